The van der Waals surface area contributed by atoms with Crippen molar-refractivity contribution in [3.63, 3.8) is 0 Å². The van der Waals surface area contributed by atoms with Crippen molar-refractivity contribution in [2.24, 2.45) is 29.4 Å². The molecule has 10 atom stereocenters. The van der Waals surface area contributed by atoms with Crippen LogP contribution in [0.2, 0.25) is 0 Å². The molecule has 0 radical (unpaired) electrons. The molecule has 0 aromatic heterocycles. The Morgan fingerprint density at radius 2 is 1.49 bits per heavy atom. The number of likely N-dealkylation sites (N-methyl/N-ethyl adjacent to an activating group) is 2. The fourth-order valence-corrected chi connectivity index (χ4v) is 10.9. The van der Waals surface area contributed by atoms with Gasteiger partial charge in [-0.2, -0.15) is 0 Å². The number of carbonyl (C=O) groups excluding carboxylic acids is 7. The standard InChI is InChI=1S/C51H81N7O13S/c1-29(2)42(54-47(63)44(31(5)6)55(8)39(59)22-16-13-17-23-58-41(61)27-38(48(58)64)72-28-34(52)50(66)67)49(65)56(9)43(30(3)4)37(70-10)26-40(60)57-24-18-21-36(57)45(71-11)32(7)46(62)53-35(51(68)69)25-33-19-14-12-15-20-33/h12,14-15,19-20,29-32,34-38,42-45H,13,16-18,21-28,52H2,1-11H3,(H,53,62)(H,54,63)(H,66,67)(H,68,69)/t32-,34+,35+,36+,37-,38?,42+,43+,44+,45-/m1/s1. The number of benzene rings is 1. The lowest BCUT2D eigenvalue weighted by atomic mass is 9.91. The third-order valence-electron chi connectivity index (χ3n) is 13.8. The highest BCUT2D eigenvalue weighted by molar-refractivity contribution is 8.00. The van der Waals surface area contributed by atoms with E-state index in [9.17, 15) is 48.3 Å². The van der Waals surface area contributed by atoms with E-state index in [1.165, 1.54) is 28.9 Å². The zero-order chi connectivity index (χ0) is 54.1. The second kappa shape index (κ2) is 28.9. The van der Waals surface area contributed by atoms with Crippen LogP contribution < -0.4 is 16.4 Å². The summed E-state index contributed by atoms with van der Waals surface area (Å²) in [5, 5.41) is 23.9. The van der Waals surface area contributed by atoms with Crippen LogP contribution in [-0.2, 0) is 59.0 Å². The van der Waals surface area contributed by atoms with Gasteiger partial charge in [-0.25, -0.2) is 4.79 Å². The van der Waals surface area contributed by atoms with Crippen molar-refractivity contribution in [3.8, 4) is 0 Å². The number of nitrogens with zero attached hydrogens (tertiary/aromatic N) is 4. The van der Waals surface area contributed by atoms with Crippen LogP contribution in [0.15, 0.2) is 30.3 Å². The highest BCUT2D eigenvalue weighted by atomic mass is 32.2. The van der Waals surface area contributed by atoms with E-state index in [0.717, 1.165) is 17.3 Å². The van der Waals surface area contributed by atoms with Gasteiger partial charge in [-0.05, 0) is 49.0 Å². The Balaban J connectivity index is 1.64. The number of ether oxygens (including phenoxy) is 2. The number of likely N-dealkylation sites (tertiary alicyclic amines) is 2. The molecule has 20 nitrogen and oxygen atoms in total. The molecular weight excluding hydrogens is 951 g/mol. The average molecular weight is 1030 g/mol. The van der Waals surface area contributed by atoms with E-state index in [1.54, 1.807) is 64.0 Å². The minimum atomic E-state index is -1.19. The van der Waals surface area contributed by atoms with Crippen LogP contribution in [0, 0.1) is 23.7 Å². The second-order valence-electron chi connectivity index (χ2n) is 20.1. The maximum absolute atomic E-state index is 14.5. The van der Waals surface area contributed by atoms with Crippen molar-refractivity contribution < 1.29 is 62.8 Å². The number of carbonyl (C=O) groups is 9. The summed E-state index contributed by atoms with van der Waals surface area (Å²) in [5.41, 5.74) is 6.30. The molecule has 6 N–H and O–H groups in total. The fourth-order valence-electron chi connectivity index (χ4n) is 9.81. The number of hydrogen-bond acceptors (Lipinski definition) is 13. The number of imide groups is 1. The van der Waals surface area contributed by atoms with Crippen LogP contribution in [-0.4, -0.2) is 184 Å². The molecule has 2 saturated heterocycles. The highest BCUT2D eigenvalue weighted by Gasteiger charge is 2.44. The molecule has 21 heteroatoms. The minimum absolute atomic E-state index is 0.00184. The molecule has 0 aliphatic carbocycles. The summed E-state index contributed by atoms with van der Waals surface area (Å²) in [7, 11) is 6.10. The molecule has 2 fully saturated rings. The number of rotatable bonds is 30. The average Bonchev–Trinajstić information content (AvgIpc) is 3.91. The molecule has 72 heavy (non-hydrogen) atoms. The van der Waals surface area contributed by atoms with E-state index in [-0.39, 0.29) is 79.4 Å². The summed E-state index contributed by atoms with van der Waals surface area (Å²) in [6.45, 7) is 13.3. The lowest BCUT2D eigenvalue weighted by Crippen LogP contribution is -2.60. The van der Waals surface area contributed by atoms with Crippen LogP contribution in [0.1, 0.15) is 105 Å². The molecule has 1 aromatic carbocycles. The van der Waals surface area contributed by atoms with Crippen molar-refractivity contribution in [1.29, 1.82) is 0 Å². The molecule has 0 bridgehead atoms. The lowest BCUT2D eigenvalue weighted by molar-refractivity contribution is -0.148. The summed E-state index contributed by atoms with van der Waals surface area (Å²) < 4.78 is 11.9. The van der Waals surface area contributed by atoms with Crippen LogP contribution in [0.3, 0.4) is 0 Å². The number of aliphatic carboxylic acids is 2. The van der Waals surface area contributed by atoms with Gasteiger partial charge in [0.25, 0.3) is 0 Å². The van der Waals surface area contributed by atoms with Crippen molar-refractivity contribution in [2.45, 2.75) is 160 Å². The lowest BCUT2D eigenvalue weighted by Gasteiger charge is -2.40. The summed E-state index contributed by atoms with van der Waals surface area (Å²) in [4.78, 5) is 124. The largest absolute Gasteiger partial charge is 0.480 e. The topological polar surface area (TPSA) is 276 Å². The zero-order valence-electron chi connectivity index (χ0n) is 44.0. The molecule has 3 rings (SSSR count). The van der Waals surface area contributed by atoms with E-state index in [4.69, 9.17) is 20.3 Å². The maximum Gasteiger partial charge on any atom is 0.326 e. The summed E-state index contributed by atoms with van der Waals surface area (Å²) in [6, 6.07) is 3.63. The van der Waals surface area contributed by atoms with Crippen LogP contribution >= 0.6 is 11.8 Å². The van der Waals surface area contributed by atoms with Gasteiger partial charge in [-0.15, -0.1) is 11.8 Å². The first-order chi connectivity index (χ1) is 33.9. The molecule has 0 saturated carbocycles. The van der Waals surface area contributed by atoms with Crippen molar-refractivity contribution in [2.75, 3.05) is 47.2 Å². The molecular formula is C51H81N7O13S. The number of unbranched alkanes of at least 4 members (excludes halogenated alkanes) is 2. The molecule has 7 amide bonds. The van der Waals surface area contributed by atoms with Crippen molar-refractivity contribution >= 4 is 65.1 Å². The number of nitrogens with two attached hydrogens (primary N) is 1. The van der Waals surface area contributed by atoms with Crippen LogP contribution in [0.25, 0.3) is 0 Å². The Labute approximate surface area is 429 Å². The molecule has 404 valence electrons. The van der Waals surface area contributed by atoms with Gasteiger partial charge in [0.05, 0.1) is 41.9 Å². The summed E-state index contributed by atoms with van der Waals surface area (Å²) in [6.07, 6.45) is 1.14. The first kappa shape index (κ1) is 61.2. The highest BCUT2D eigenvalue weighted by Crippen LogP contribution is 2.30. The fraction of sp³-hybridized carbons (Fsp3) is 0.706. The Bertz CT molecular complexity index is 2030. The number of amides is 7. The molecule has 1 aromatic rings. The smallest absolute Gasteiger partial charge is 0.326 e. The molecule has 2 aliphatic rings. The first-order valence-corrected chi connectivity index (χ1v) is 26.1. The van der Waals surface area contributed by atoms with Gasteiger partial charge in [-0.1, -0.05) is 85.2 Å². The molecule has 2 aliphatic heterocycles. The predicted octanol–water partition coefficient (Wildman–Crippen LogP) is 2.79. The normalized spacial score (nSPS) is 19.4. The van der Waals surface area contributed by atoms with Gasteiger partial charge < -0.3 is 50.8 Å². The monoisotopic (exact) mass is 1030 g/mol. The van der Waals surface area contributed by atoms with Gasteiger partial charge in [0.2, 0.25) is 41.4 Å². The summed E-state index contributed by atoms with van der Waals surface area (Å²) in [5.74, 6) is -6.78. The van der Waals surface area contributed by atoms with Crippen molar-refractivity contribution in [3.05, 3.63) is 35.9 Å². The number of carboxylic acids is 2. The van der Waals surface area contributed by atoms with Gasteiger partial charge in [0.1, 0.15) is 24.2 Å². The Morgan fingerprint density at radius 1 is 0.833 bits per heavy atom. The van der Waals surface area contributed by atoms with Gasteiger partial charge in [-0.3, -0.25) is 43.3 Å². The third kappa shape index (κ3) is 16.7. The second-order valence-corrected chi connectivity index (χ2v) is 21.4. The number of nitrogens with one attached hydrogen (secondary N) is 2. The van der Waals surface area contributed by atoms with E-state index < -0.39 is 89.3 Å². The van der Waals surface area contributed by atoms with Crippen molar-refractivity contribution in [1.82, 2.24) is 30.2 Å². The maximum atomic E-state index is 14.5. The van der Waals surface area contributed by atoms with E-state index in [1.807, 2.05) is 33.8 Å². The molecule has 2 heterocycles. The SMILES string of the molecule is CO[C@H]([C@@H](C)C(=O)N[C@@H](Cc1ccccc1)C(=O)O)[C@@H]1CCCN1C(=O)C[C@@H](OC)[C@H](C(C)C)N(C)C(=O)[C@@H](NC(=O)[C@H](C(C)C)N(C)C(=O)CCCCCN1C(=O)CC(SC[C@H](N)C(=O)O)C1=O)C(C)C. The zero-order valence-corrected chi connectivity index (χ0v) is 44.9. The van der Waals surface area contributed by atoms with Crippen LogP contribution in [0.5, 0.6) is 0 Å². The van der Waals surface area contributed by atoms with Gasteiger partial charge in [0, 0.05) is 66.4 Å². The number of methoxy groups -OCH3 is 2. The first-order valence-electron chi connectivity index (χ1n) is 25.1. The quantitative estimate of drug-likeness (QED) is 0.0548. The molecule has 0 spiro atoms. The predicted molar refractivity (Wildman–Crippen MR) is 271 cm³/mol. The Hall–Kier alpha value is -5.12. The molecule has 1 unspecified atom stereocenters. The van der Waals surface area contributed by atoms with E-state index >= 15 is 0 Å². The van der Waals surface area contributed by atoms with Gasteiger partial charge in [0.15, 0.2) is 0 Å². The number of thioether (sulfide) groups is 1. The minimum Gasteiger partial charge on any atom is -0.480 e. The van der Waals surface area contributed by atoms with Crippen LogP contribution in [0.4, 0.5) is 0 Å². The van der Waals surface area contributed by atoms with Gasteiger partial charge >= 0.3 is 11.9 Å². The van der Waals surface area contributed by atoms with E-state index in [2.05, 4.69) is 10.6 Å². The van der Waals surface area contributed by atoms with E-state index in [0.29, 0.717) is 38.6 Å². The Morgan fingerprint density at radius 3 is 2.04 bits per heavy atom. The Kier molecular flexibility index (Phi) is 24.6. The number of carboxylic acid groups (broad SMARTS) is 2. The summed E-state index contributed by atoms with van der Waals surface area (Å²) >= 11 is 1.05. The number of hydrogen-bond donors (Lipinski definition) is 5. The third-order valence-corrected chi connectivity index (χ3v) is 15.1.